The fraction of sp³-hybridized carbons (Fsp3) is 0.571. The number of aliphatic carboxylic acids is 1. The van der Waals surface area contributed by atoms with Gasteiger partial charge >= 0.3 is 12.1 Å². The molecule has 0 bridgehead atoms. The van der Waals surface area contributed by atoms with Crippen molar-refractivity contribution >= 4 is 23.6 Å². The van der Waals surface area contributed by atoms with Crippen molar-refractivity contribution in [2.24, 2.45) is 0 Å². The van der Waals surface area contributed by atoms with E-state index in [0.717, 1.165) is 6.08 Å². The van der Waals surface area contributed by atoms with Crippen molar-refractivity contribution in [3.8, 4) is 5.75 Å². The predicted molar refractivity (Wildman–Crippen MR) is 111 cm³/mol. The van der Waals surface area contributed by atoms with E-state index >= 15 is 0 Å². The Balaban J connectivity index is 0.00000143. The first-order chi connectivity index (χ1) is 13.4. The summed E-state index contributed by atoms with van der Waals surface area (Å²) in [4.78, 5) is 13.1. The number of rotatable bonds is 4. The summed E-state index contributed by atoms with van der Waals surface area (Å²) < 4.78 is 44.2. The molecule has 0 saturated heterocycles. The summed E-state index contributed by atoms with van der Waals surface area (Å²) in [6.07, 6.45) is -5.11. The van der Waals surface area contributed by atoms with Crippen LogP contribution in [0.25, 0.3) is 6.08 Å². The average molecular weight is 438 g/mol. The molecule has 0 fully saturated rings. The number of hydrogen-bond acceptors (Lipinski definition) is 3. The Morgan fingerprint density at radius 2 is 1.79 bits per heavy atom. The fourth-order valence-electron chi connectivity index (χ4n) is 2.25. The second kappa shape index (κ2) is 12.1. The van der Waals surface area contributed by atoms with Gasteiger partial charge in [0.05, 0.1) is 5.57 Å². The van der Waals surface area contributed by atoms with Crippen LogP contribution >= 0.6 is 11.6 Å². The standard InChI is InChI=1S/C16H17ClF3NO3.C3H8.C2H6/c1-8(2)21(3)7-10-6-13-9(5-12(10)17)4-11(15(22)23)14(24-13)16(18,19)20;1-3-2;1-2/h4-6,8,14H,7H2,1-3H3,(H,22,23);3H2,1-2H3;1-2H3. The summed E-state index contributed by atoms with van der Waals surface area (Å²) in [7, 11) is 1.86. The molecule has 8 heteroatoms. The molecule has 1 N–H and O–H groups in total. The molecule has 4 nitrogen and oxygen atoms in total. The molecule has 1 aliphatic heterocycles. The second-order valence-corrected chi connectivity index (χ2v) is 7.05. The van der Waals surface area contributed by atoms with E-state index in [-0.39, 0.29) is 17.4 Å². The maximum atomic E-state index is 13.1. The van der Waals surface area contributed by atoms with Crippen LogP contribution in [0.4, 0.5) is 13.2 Å². The molecule has 0 aromatic heterocycles. The number of alkyl halides is 3. The molecule has 29 heavy (non-hydrogen) atoms. The van der Waals surface area contributed by atoms with E-state index in [9.17, 15) is 18.0 Å². The highest BCUT2D eigenvalue weighted by Gasteiger charge is 2.48. The van der Waals surface area contributed by atoms with Gasteiger partial charge in [-0.3, -0.25) is 4.90 Å². The lowest BCUT2D eigenvalue weighted by atomic mass is 9.99. The lowest BCUT2D eigenvalue weighted by Gasteiger charge is -2.28. The highest BCUT2D eigenvalue weighted by Crippen LogP contribution is 2.39. The minimum absolute atomic E-state index is 0.0288. The van der Waals surface area contributed by atoms with E-state index in [1.54, 1.807) is 0 Å². The van der Waals surface area contributed by atoms with Crippen LogP contribution in [0.15, 0.2) is 17.7 Å². The molecule has 166 valence electrons. The normalized spacial score (nSPS) is 15.3. The van der Waals surface area contributed by atoms with Gasteiger partial charge in [-0.15, -0.1) is 0 Å². The van der Waals surface area contributed by atoms with Crippen molar-refractivity contribution < 1.29 is 27.8 Å². The summed E-state index contributed by atoms with van der Waals surface area (Å²) in [6, 6.07) is 3.08. The number of carbonyl (C=O) groups is 1. The number of hydrogen-bond donors (Lipinski definition) is 1. The quantitative estimate of drug-likeness (QED) is 0.591. The third-order valence-electron chi connectivity index (χ3n) is 3.86. The van der Waals surface area contributed by atoms with Gasteiger partial charge < -0.3 is 9.84 Å². The van der Waals surface area contributed by atoms with Crippen LogP contribution in [0.2, 0.25) is 5.02 Å². The molecular weight excluding hydrogens is 407 g/mol. The van der Waals surface area contributed by atoms with Crippen LogP contribution in [0, 0.1) is 0 Å². The first kappa shape index (κ1) is 27.3. The molecule has 1 aromatic rings. The Morgan fingerprint density at radius 1 is 1.28 bits per heavy atom. The highest BCUT2D eigenvalue weighted by molar-refractivity contribution is 6.31. The minimum Gasteiger partial charge on any atom is -0.478 e. The molecule has 1 atom stereocenters. The van der Waals surface area contributed by atoms with Gasteiger partial charge in [0, 0.05) is 23.2 Å². The van der Waals surface area contributed by atoms with E-state index in [1.807, 2.05) is 39.6 Å². The maximum Gasteiger partial charge on any atom is 0.430 e. The molecule has 1 aliphatic rings. The van der Waals surface area contributed by atoms with Crippen molar-refractivity contribution in [1.82, 2.24) is 4.90 Å². The van der Waals surface area contributed by atoms with Crippen molar-refractivity contribution in [1.29, 1.82) is 0 Å². The molecule has 0 aliphatic carbocycles. The smallest absolute Gasteiger partial charge is 0.430 e. The van der Waals surface area contributed by atoms with Crippen molar-refractivity contribution in [3.05, 3.63) is 33.9 Å². The molecule has 1 aromatic carbocycles. The lowest BCUT2D eigenvalue weighted by molar-refractivity contribution is -0.187. The van der Waals surface area contributed by atoms with Crippen molar-refractivity contribution in [2.45, 2.75) is 72.8 Å². The number of ether oxygens (including phenoxy) is 1. The second-order valence-electron chi connectivity index (χ2n) is 6.64. The number of fused-ring (bicyclic) bond motifs is 1. The van der Waals surface area contributed by atoms with Gasteiger partial charge in [0.1, 0.15) is 5.75 Å². The summed E-state index contributed by atoms with van der Waals surface area (Å²) in [6.45, 7) is 12.6. The van der Waals surface area contributed by atoms with E-state index in [0.29, 0.717) is 17.1 Å². The van der Waals surface area contributed by atoms with Gasteiger partial charge in [-0.2, -0.15) is 13.2 Å². The summed E-state index contributed by atoms with van der Waals surface area (Å²) in [5, 5.41) is 9.36. The Hall–Kier alpha value is -1.73. The lowest BCUT2D eigenvalue weighted by Crippen LogP contribution is -2.40. The van der Waals surface area contributed by atoms with Gasteiger partial charge in [-0.05, 0) is 44.7 Å². The van der Waals surface area contributed by atoms with E-state index in [1.165, 1.54) is 18.6 Å². The molecule has 1 unspecified atom stereocenters. The Bertz CT molecular complexity index is 703. The number of benzene rings is 1. The number of nitrogens with zero attached hydrogens (tertiary/aromatic N) is 1. The maximum absolute atomic E-state index is 13.1. The van der Waals surface area contributed by atoms with Crippen molar-refractivity contribution in [2.75, 3.05) is 7.05 Å². The van der Waals surface area contributed by atoms with Crippen LogP contribution < -0.4 is 4.74 Å². The zero-order valence-electron chi connectivity index (χ0n) is 18.0. The molecule has 0 saturated carbocycles. The van der Waals surface area contributed by atoms with Gasteiger partial charge in [-0.1, -0.05) is 45.7 Å². The third kappa shape index (κ3) is 7.90. The number of halogens is 4. The minimum atomic E-state index is -4.82. The van der Waals surface area contributed by atoms with Crippen LogP contribution in [0.5, 0.6) is 5.75 Å². The molecule has 2 rings (SSSR count). The van der Waals surface area contributed by atoms with E-state index in [4.69, 9.17) is 21.4 Å². The van der Waals surface area contributed by atoms with Gasteiger partial charge in [-0.25, -0.2) is 4.79 Å². The monoisotopic (exact) mass is 437 g/mol. The molecular formula is C21H31ClF3NO3. The van der Waals surface area contributed by atoms with Crippen molar-refractivity contribution in [3.63, 3.8) is 0 Å². The van der Waals surface area contributed by atoms with Gasteiger partial charge in [0.15, 0.2) is 0 Å². The zero-order chi connectivity index (χ0) is 22.9. The van der Waals surface area contributed by atoms with Crippen LogP contribution in [0.1, 0.15) is 59.1 Å². The molecule has 0 amide bonds. The van der Waals surface area contributed by atoms with Crippen LogP contribution in [-0.4, -0.2) is 41.3 Å². The first-order valence-electron chi connectivity index (χ1n) is 9.63. The van der Waals surface area contributed by atoms with Gasteiger partial charge in [0.2, 0.25) is 6.10 Å². The number of carboxylic acid groups (broad SMARTS) is 1. The SMILES string of the molecule is CC.CC(C)N(C)Cc1cc2c(cc1Cl)C=C(C(=O)O)C(C(F)(F)F)O2.CCC. The number of carboxylic acids is 1. The predicted octanol–water partition coefficient (Wildman–Crippen LogP) is 6.41. The Kier molecular flexibility index (Phi) is 11.4. The summed E-state index contributed by atoms with van der Waals surface area (Å²) in [5.74, 6) is -1.71. The molecule has 1 heterocycles. The Morgan fingerprint density at radius 3 is 2.21 bits per heavy atom. The summed E-state index contributed by atoms with van der Waals surface area (Å²) in [5.41, 5.74) is -0.0355. The zero-order valence-corrected chi connectivity index (χ0v) is 18.8. The van der Waals surface area contributed by atoms with E-state index in [2.05, 4.69) is 13.8 Å². The van der Waals surface area contributed by atoms with Crippen LogP contribution in [-0.2, 0) is 11.3 Å². The van der Waals surface area contributed by atoms with Crippen LogP contribution in [0.3, 0.4) is 0 Å². The van der Waals surface area contributed by atoms with Gasteiger partial charge in [0.25, 0.3) is 0 Å². The fourth-order valence-corrected chi connectivity index (χ4v) is 2.48. The molecule has 0 spiro atoms. The van der Waals surface area contributed by atoms with E-state index < -0.39 is 23.8 Å². The Labute approximate surface area is 176 Å². The summed E-state index contributed by atoms with van der Waals surface area (Å²) >= 11 is 6.18. The first-order valence-corrected chi connectivity index (χ1v) is 10.0. The highest BCUT2D eigenvalue weighted by atomic mass is 35.5. The largest absolute Gasteiger partial charge is 0.478 e. The third-order valence-corrected chi connectivity index (χ3v) is 4.21. The average Bonchev–Trinajstić information content (AvgIpc) is 2.62. The molecule has 0 radical (unpaired) electrons. The topological polar surface area (TPSA) is 49.8 Å².